The minimum atomic E-state index is -0.753. The quantitative estimate of drug-likeness (QED) is 0.846. The summed E-state index contributed by atoms with van der Waals surface area (Å²) in [5, 5.41) is 0. The average Bonchev–Trinajstić information content (AvgIpc) is 2.37. The summed E-state index contributed by atoms with van der Waals surface area (Å²) in [6, 6.07) is 7.92. The van der Waals surface area contributed by atoms with Gasteiger partial charge in [-0.1, -0.05) is 6.07 Å². The second-order valence-corrected chi connectivity index (χ2v) is 4.29. The van der Waals surface area contributed by atoms with E-state index < -0.39 is 17.5 Å². The number of nitrogen functional groups attached to an aromatic ring is 1. The molecule has 0 fully saturated rings. The summed E-state index contributed by atoms with van der Waals surface area (Å²) in [5.41, 5.74) is 11.2. The molecule has 0 aliphatic heterocycles. The second-order valence-electron chi connectivity index (χ2n) is 4.29. The third kappa shape index (κ3) is 2.54. The van der Waals surface area contributed by atoms with Crippen LogP contribution in [0, 0.1) is 11.6 Å². The molecule has 20 heavy (non-hydrogen) atoms. The fourth-order valence-corrected chi connectivity index (χ4v) is 1.87. The zero-order valence-corrected chi connectivity index (χ0v) is 10.7. The molecule has 2 aromatic carbocycles. The molecule has 4 nitrogen and oxygen atoms in total. The molecule has 0 unspecified atom stereocenters. The number of hydrogen-bond acceptors (Lipinski definition) is 3. The summed E-state index contributed by atoms with van der Waals surface area (Å²) in [6.45, 7) is 0. The predicted molar refractivity (Wildman–Crippen MR) is 73.8 cm³/mol. The van der Waals surface area contributed by atoms with Gasteiger partial charge in [-0.3, -0.25) is 4.79 Å². The smallest absolute Gasteiger partial charge is 0.250 e. The number of benzene rings is 2. The Balaban J connectivity index is 2.52. The maximum atomic E-state index is 14.0. The molecule has 6 heteroatoms. The molecule has 1 amide bonds. The minimum absolute atomic E-state index is 0.0182. The number of hydrogen-bond donors (Lipinski definition) is 2. The lowest BCUT2D eigenvalue weighted by Crippen LogP contribution is -2.17. The number of carbonyl (C=O) groups is 1. The van der Waals surface area contributed by atoms with Crippen LogP contribution in [-0.2, 0) is 0 Å². The van der Waals surface area contributed by atoms with Gasteiger partial charge in [0.2, 0.25) is 0 Å². The summed E-state index contributed by atoms with van der Waals surface area (Å²) in [6.07, 6.45) is 0. The van der Waals surface area contributed by atoms with E-state index in [1.54, 1.807) is 13.1 Å². The average molecular weight is 277 g/mol. The molecule has 0 aromatic heterocycles. The van der Waals surface area contributed by atoms with Crippen molar-refractivity contribution in [3.63, 3.8) is 0 Å². The monoisotopic (exact) mass is 277 g/mol. The number of rotatable bonds is 3. The molecule has 0 aliphatic carbocycles. The first-order chi connectivity index (χ1) is 9.40. The minimum Gasteiger partial charge on any atom is -0.398 e. The Kier molecular flexibility index (Phi) is 3.56. The molecule has 0 heterocycles. The molecular formula is C14H13F2N3O. The Morgan fingerprint density at radius 3 is 2.50 bits per heavy atom. The zero-order chi connectivity index (χ0) is 14.9. The van der Waals surface area contributed by atoms with Gasteiger partial charge in [0.1, 0.15) is 11.6 Å². The van der Waals surface area contributed by atoms with Crippen LogP contribution in [0.25, 0.3) is 0 Å². The SMILES string of the molecule is CN(c1cccc(F)c1)c1cc(C(N)=O)c(N)cc1F. The highest BCUT2D eigenvalue weighted by Gasteiger charge is 2.16. The largest absolute Gasteiger partial charge is 0.398 e. The van der Waals surface area contributed by atoms with Crippen LogP contribution in [0.2, 0.25) is 0 Å². The van der Waals surface area contributed by atoms with E-state index >= 15 is 0 Å². The molecule has 0 spiro atoms. The summed E-state index contributed by atoms with van der Waals surface area (Å²) in [4.78, 5) is 12.6. The Hall–Kier alpha value is -2.63. The van der Waals surface area contributed by atoms with Crippen LogP contribution in [0.15, 0.2) is 36.4 Å². The highest BCUT2D eigenvalue weighted by molar-refractivity contribution is 5.99. The van der Waals surface area contributed by atoms with Crippen molar-refractivity contribution < 1.29 is 13.6 Å². The lowest BCUT2D eigenvalue weighted by Gasteiger charge is -2.21. The third-order valence-electron chi connectivity index (χ3n) is 2.94. The van der Waals surface area contributed by atoms with Crippen LogP contribution in [0.1, 0.15) is 10.4 Å². The number of primary amides is 1. The molecular weight excluding hydrogens is 264 g/mol. The van der Waals surface area contributed by atoms with Crippen molar-refractivity contribution >= 4 is 23.0 Å². The third-order valence-corrected chi connectivity index (χ3v) is 2.94. The molecule has 0 bridgehead atoms. The molecule has 0 radical (unpaired) electrons. The van der Waals surface area contributed by atoms with Gasteiger partial charge in [0, 0.05) is 18.4 Å². The van der Waals surface area contributed by atoms with E-state index in [0.717, 1.165) is 6.07 Å². The first kappa shape index (κ1) is 13.8. The summed E-state index contributed by atoms with van der Waals surface area (Å²) < 4.78 is 27.2. The number of nitrogens with two attached hydrogens (primary N) is 2. The van der Waals surface area contributed by atoms with Gasteiger partial charge in [-0.05, 0) is 30.3 Å². The fourth-order valence-electron chi connectivity index (χ4n) is 1.87. The summed E-state index contributed by atoms with van der Waals surface area (Å²) in [7, 11) is 1.55. The van der Waals surface area contributed by atoms with Crippen molar-refractivity contribution in [1.82, 2.24) is 0 Å². The Labute approximate surface area is 114 Å². The Morgan fingerprint density at radius 2 is 1.90 bits per heavy atom. The van der Waals surface area contributed by atoms with Crippen molar-refractivity contribution in [2.75, 3.05) is 17.7 Å². The van der Waals surface area contributed by atoms with Gasteiger partial charge >= 0.3 is 0 Å². The highest BCUT2D eigenvalue weighted by Crippen LogP contribution is 2.30. The van der Waals surface area contributed by atoms with E-state index in [9.17, 15) is 13.6 Å². The van der Waals surface area contributed by atoms with Crippen LogP contribution < -0.4 is 16.4 Å². The van der Waals surface area contributed by atoms with Gasteiger partial charge < -0.3 is 16.4 Å². The van der Waals surface area contributed by atoms with Gasteiger partial charge in [0.25, 0.3) is 5.91 Å². The fraction of sp³-hybridized carbons (Fsp3) is 0.0714. The van der Waals surface area contributed by atoms with E-state index in [0.29, 0.717) is 5.69 Å². The number of halogens is 2. The Morgan fingerprint density at radius 1 is 1.20 bits per heavy atom. The van der Waals surface area contributed by atoms with E-state index in [1.807, 2.05) is 0 Å². The number of amides is 1. The van der Waals surface area contributed by atoms with Crippen LogP contribution in [0.5, 0.6) is 0 Å². The molecule has 104 valence electrons. The number of anilines is 3. The van der Waals surface area contributed by atoms with E-state index in [4.69, 9.17) is 11.5 Å². The second kappa shape index (κ2) is 5.16. The van der Waals surface area contributed by atoms with Crippen molar-refractivity contribution in [1.29, 1.82) is 0 Å². The molecule has 2 rings (SSSR count). The van der Waals surface area contributed by atoms with Crippen molar-refractivity contribution in [3.8, 4) is 0 Å². The standard InChI is InChI=1S/C14H13F2N3O/c1-19(9-4-2-3-8(15)5-9)13-6-10(14(18)20)12(17)7-11(13)16/h2-7H,17H2,1H3,(H2,18,20). The van der Waals surface area contributed by atoms with Gasteiger partial charge in [-0.15, -0.1) is 0 Å². The van der Waals surface area contributed by atoms with Gasteiger partial charge in [-0.25, -0.2) is 8.78 Å². The predicted octanol–water partition coefficient (Wildman–Crippen LogP) is 2.41. The van der Waals surface area contributed by atoms with Gasteiger partial charge in [0.05, 0.1) is 11.3 Å². The Bertz CT molecular complexity index is 673. The summed E-state index contributed by atoms with van der Waals surface area (Å²) >= 11 is 0. The molecule has 0 aliphatic rings. The van der Waals surface area contributed by atoms with E-state index in [-0.39, 0.29) is 16.9 Å². The van der Waals surface area contributed by atoms with Gasteiger partial charge in [0.15, 0.2) is 0 Å². The number of carbonyl (C=O) groups excluding carboxylic acids is 1. The molecule has 0 saturated carbocycles. The van der Waals surface area contributed by atoms with Crippen molar-refractivity contribution in [3.05, 3.63) is 53.6 Å². The van der Waals surface area contributed by atoms with Crippen LogP contribution in [-0.4, -0.2) is 13.0 Å². The summed E-state index contributed by atoms with van der Waals surface area (Å²) in [5.74, 6) is -1.82. The highest BCUT2D eigenvalue weighted by atomic mass is 19.1. The first-order valence-corrected chi connectivity index (χ1v) is 5.78. The normalized spacial score (nSPS) is 10.3. The zero-order valence-electron chi connectivity index (χ0n) is 10.7. The van der Waals surface area contributed by atoms with Crippen molar-refractivity contribution in [2.24, 2.45) is 5.73 Å². The molecule has 4 N–H and O–H groups in total. The topological polar surface area (TPSA) is 72.3 Å². The van der Waals surface area contributed by atoms with Crippen LogP contribution >= 0.6 is 0 Å². The van der Waals surface area contributed by atoms with E-state index in [2.05, 4.69) is 0 Å². The lowest BCUT2D eigenvalue weighted by molar-refractivity contribution is 0.100. The number of nitrogens with zero attached hydrogens (tertiary/aromatic N) is 1. The van der Waals surface area contributed by atoms with E-state index in [1.165, 1.54) is 29.2 Å². The maximum Gasteiger partial charge on any atom is 0.250 e. The van der Waals surface area contributed by atoms with Gasteiger partial charge in [-0.2, -0.15) is 0 Å². The maximum absolute atomic E-state index is 14.0. The molecule has 0 atom stereocenters. The molecule has 0 saturated heterocycles. The van der Waals surface area contributed by atoms with Crippen LogP contribution in [0.3, 0.4) is 0 Å². The van der Waals surface area contributed by atoms with Crippen LogP contribution in [0.4, 0.5) is 25.8 Å². The van der Waals surface area contributed by atoms with Crippen molar-refractivity contribution in [2.45, 2.75) is 0 Å². The molecule has 2 aromatic rings. The lowest BCUT2D eigenvalue weighted by atomic mass is 10.1. The first-order valence-electron chi connectivity index (χ1n) is 5.78.